The van der Waals surface area contributed by atoms with E-state index in [1.807, 2.05) is 32.0 Å². The molecule has 6 nitrogen and oxygen atoms in total. The molecule has 0 saturated heterocycles. The highest BCUT2D eigenvalue weighted by molar-refractivity contribution is 6.10. The summed E-state index contributed by atoms with van der Waals surface area (Å²) >= 11 is 0. The maximum Gasteiger partial charge on any atom is 0.224 e. The summed E-state index contributed by atoms with van der Waals surface area (Å²) in [6, 6.07) is 20.3. The molecule has 0 aliphatic carbocycles. The van der Waals surface area contributed by atoms with Gasteiger partial charge in [-0.2, -0.15) is 5.26 Å². The van der Waals surface area contributed by atoms with E-state index in [0.717, 1.165) is 36.0 Å². The number of amidine groups is 1. The van der Waals surface area contributed by atoms with Crippen LogP contribution < -0.4 is 15.4 Å². The Morgan fingerprint density at radius 2 is 1.97 bits per heavy atom. The fourth-order valence-corrected chi connectivity index (χ4v) is 3.83. The van der Waals surface area contributed by atoms with Crippen molar-refractivity contribution in [3.05, 3.63) is 76.9 Å². The molecule has 4 rings (SSSR count). The third kappa shape index (κ3) is 4.53. The zero-order chi connectivity index (χ0) is 22.5. The maximum atomic E-state index is 9.53. The fraction of sp³-hybridized carbons (Fsp3) is 0.308. The number of nitrogens with zero attached hydrogens (tertiary/aromatic N) is 2. The van der Waals surface area contributed by atoms with Gasteiger partial charge in [0.15, 0.2) is 5.84 Å². The number of oxime groups is 1. The summed E-state index contributed by atoms with van der Waals surface area (Å²) in [6.07, 6.45) is 0.639. The van der Waals surface area contributed by atoms with Gasteiger partial charge in [-0.3, -0.25) is 0 Å². The molecule has 6 heteroatoms. The largest absolute Gasteiger partial charge is 0.490 e. The zero-order valence-corrected chi connectivity index (χ0v) is 18.7. The van der Waals surface area contributed by atoms with E-state index in [9.17, 15) is 5.26 Å². The quantitative estimate of drug-likeness (QED) is 0.495. The summed E-state index contributed by atoms with van der Waals surface area (Å²) in [7, 11) is 0. The zero-order valence-electron chi connectivity index (χ0n) is 18.7. The van der Waals surface area contributed by atoms with Crippen LogP contribution in [-0.4, -0.2) is 18.5 Å². The number of benzene rings is 3. The molecule has 0 spiro atoms. The lowest BCUT2D eigenvalue weighted by Gasteiger charge is -2.15. The lowest BCUT2D eigenvalue weighted by Crippen LogP contribution is -2.24. The smallest absolute Gasteiger partial charge is 0.224 e. The molecule has 0 bridgehead atoms. The number of ether oxygens (including phenoxy) is 1. The third-order valence-corrected chi connectivity index (χ3v) is 5.32. The first-order valence-electron chi connectivity index (χ1n) is 11.0. The predicted octanol–water partition coefficient (Wildman–Crippen LogP) is 4.98. The van der Waals surface area contributed by atoms with Crippen molar-refractivity contribution in [1.29, 1.82) is 5.26 Å². The van der Waals surface area contributed by atoms with Crippen molar-refractivity contribution in [3.63, 3.8) is 0 Å². The van der Waals surface area contributed by atoms with Crippen LogP contribution in [0.5, 0.6) is 5.75 Å². The lowest BCUT2D eigenvalue weighted by atomic mass is 9.98. The van der Waals surface area contributed by atoms with Crippen molar-refractivity contribution in [2.75, 3.05) is 6.54 Å². The van der Waals surface area contributed by atoms with E-state index < -0.39 is 6.23 Å². The van der Waals surface area contributed by atoms with Gasteiger partial charge in [0.05, 0.1) is 11.7 Å². The van der Waals surface area contributed by atoms with Gasteiger partial charge in [-0.1, -0.05) is 48.5 Å². The van der Waals surface area contributed by atoms with E-state index in [1.165, 1.54) is 10.9 Å². The van der Waals surface area contributed by atoms with E-state index in [1.54, 1.807) is 6.07 Å². The van der Waals surface area contributed by atoms with Gasteiger partial charge < -0.3 is 20.2 Å². The van der Waals surface area contributed by atoms with Crippen LogP contribution >= 0.6 is 0 Å². The highest BCUT2D eigenvalue weighted by atomic mass is 16.7. The molecule has 0 fully saturated rings. The molecule has 164 valence electrons. The molecule has 1 aliphatic rings. The third-order valence-electron chi connectivity index (χ3n) is 5.32. The molecule has 1 heterocycles. The van der Waals surface area contributed by atoms with Crippen LogP contribution in [0.15, 0.2) is 59.8 Å². The molecule has 0 saturated carbocycles. The molecular formula is C26H28N4O2. The van der Waals surface area contributed by atoms with Crippen molar-refractivity contribution >= 4 is 16.6 Å². The average molecular weight is 429 g/mol. The SMILES string of the molecule is CCCNCc1ccc(C2=NOC(c3ccc(OC(C)C)c(C#N)c3)N2)c2ccccc12. The summed E-state index contributed by atoms with van der Waals surface area (Å²) in [4.78, 5) is 5.70. The van der Waals surface area contributed by atoms with Gasteiger partial charge in [-0.05, 0) is 61.3 Å². The first-order chi connectivity index (χ1) is 15.6. The summed E-state index contributed by atoms with van der Waals surface area (Å²) < 4.78 is 5.72. The number of rotatable bonds is 8. The minimum atomic E-state index is -0.463. The Morgan fingerprint density at radius 3 is 2.72 bits per heavy atom. The molecule has 2 N–H and O–H groups in total. The molecule has 1 aliphatic heterocycles. The minimum Gasteiger partial charge on any atom is -0.490 e. The van der Waals surface area contributed by atoms with Crippen LogP contribution in [0.1, 0.15) is 55.7 Å². The first kappa shape index (κ1) is 21.7. The Hall–Kier alpha value is -3.56. The van der Waals surface area contributed by atoms with Crippen LogP contribution in [0.4, 0.5) is 0 Å². The van der Waals surface area contributed by atoms with Crippen LogP contribution in [0.2, 0.25) is 0 Å². The van der Waals surface area contributed by atoms with Gasteiger partial charge in [-0.15, -0.1) is 0 Å². The minimum absolute atomic E-state index is 0.00262. The molecule has 0 radical (unpaired) electrons. The van der Waals surface area contributed by atoms with Crippen LogP contribution in [-0.2, 0) is 11.4 Å². The average Bonchev–Trinajstić information content (AvgIpc) is 3.29. The lowest BCUT2D eigenvalue weighted by molar-refractivity contribution is 0.0728. The molecule has 3 aromatic rings. The summed E-state index contributed by atoms with van der Waals surface area (Å²) in [6.45, 7) is 7.86. The van der Waals surface area contributed by atoms with Gasteiger partial charge in [0, 0.05) is 17.7 Å². The summed E-state index contributed by atoms with van der Waals surface area (Å²) in [5, 5.41) is 23.0. The molecule has 32 heavy (non-hydrogen) atoms. The topological polar surface area (TPSA) is 78.7 Å². The number of nitrogens with one attached hydrogen (secondary N) is 2. The van der Waals surface area contributed by atoms with E-state index in [2.05, 4.69) is 59.1 Å². The number of nitriles is 1. The number of fused-ring (bicyclic) bond motifs is 1. The summed E-state index contributed by atoms with van der Waals surface area (Å²) in [5.41, 5.74) is 3.54. The molecule has 0 amide bonds. The van der Waals surface area contributed by atoms with Crippen molar-refractivity contribution in [2.24, 2.45) is 5.16 Å². The van der Waals surface area contributed by atoms with E-state index >= 15 is 0 Å². The fourth-order valence-electron chi connectivity index (χ4n) is 3.83. The normalized spacial score (nSPS) is 15.2. The molecule has 1 unspecified atom stereocenters. The van der Waals surface area contributed by atoms with Crippen LogP contribution in [0.25, 0.3) is 10.8 Å². The highest BCUT2D eigenvalue weighted by Gasteiger charge is 2.25. The predicted molar refractivity (Wildman–Crippen MR) is 126 cm³/mol. The van der Waals surface area contributed by atoms with Crippen LogP contribution in [0, 0.1) is 11.3 Å². The second kappa shape index (κ2) is 9.71. The second-order valence-electron chi connectivity index (χ2n) is 8.10. The van der Waals surface area contributed by atoms with Crippen molar-refractivity contribution in [2.45, 2.75) is 46.1 Å². The molecule has 3 aromatic carbocycles. The van der Waals surface area contributed by atoms with Crippen molar-refractivity contribution in [3.8, 4) is 11.8 Å². The maximum absolute atomic E-state index is 9.53. The number of hydrogen-bond acceptors (Lipinski definition) is 6. The number of hydrogen-bond donors (Lipinski definition) is 2. The van der Waals surface area contributed by atoms with Gasteiger partial charge in [-0.25, -0.2) is 0 Å². The van der Waals surface area contributed by atoms with Gasteiger partial charge in [0.25, 0.3) is 0 Å². The van der Waals surface area contributed by atoms with Crippen LogP contribution in [0.3, 0.4) is 0 Å². The molecule has 1 atom stereocenters. The Kier molecular flexibility index (Phi) is 6.58. The van der Waals surface area contributed by atoms with Crippen molar-refractivity contribution in [1.82, 2.24) is 10.6 Å². The second-order valence-corrected chi connectivity index (χ2v) is 8.10. The Bertz CT molecular complexity index is 1180. The first-order valence-corrected chi connectivity index (χ1v) is 11.0. The Labute approximate surface area is 188 Å². The highest BCUT2D eigenvalue weighted by Crippen LogP contribution is 2.29. The Morgan fingerprint density at radius 1 is 1.16 bits per heavy atom. The molecule has 0 aromatic heterocycles. The van der Waals surface area contributed by atoms with Crippen molar-refractivity contribution < 1.29 is 9.57 Å². The van der Waals surface area contributed by atoms with Gasteiger partial charge in [0.1, 0.15) is 11.8 Å². The van der Waals surface area contributed by atoms with Gasteiger partial charge in [0.2, 0.25) is 6.23 Å². The monoisotopic (exact) mass is 428 g/mol. The van der Waals surface area contributed by atoms with E-state index in [4.69, 9.17) is 9.57 Å². The van der Waals surface area contributed by atoms with E-state index in [0.29, 0.717) is 17.1 Å². The summed E-state index contributed by atoms with van der Waals surface area (Å²) in [5.74, 6) is 1.25. The molecular weight excluding hydrogens is 400 g/mol. The van der Waals surface area contributed by atoms with Gasteiger partial charge >= 0.3 is 0 Å². The Balaban J connectivity index is 1.57. The standard InChI is InChI=1S/C26H28N4O2/c1-4-13-28-16-19-9-11-23(22-8-6-5-7-21(19)22)25-29-26(32-30-25)18-10-12-24(31-17(2)3)20(14-18)15-27/h5-12,14,17,26,28H,4,13,16H2,1-3H3,(H,29,30). The van der Waals surface area contributed by atoms with E-state index in [-0.39, 0.29) is 6.10 Å².